The zero-order chi connectivity index (χ0) is 27.3. The van der Waals surface area contributed by atoms with Crippen molar-refractivity contribution in [3.8, 4) is 5.75 Å². The predicted molar refractivity (Wildman–Crippen MR) is 149 cm³/mol. The molecule has 1 amide bonds. The van der Waals surface area contributed by atoms with Crippen LogP contribution in [0.5, 0.6) is 5.75 Å². The zero-order valence-electron chi connectivity index (χ0n) is 23.4. The second-order valence-electron chi connectivity index (χ2n) is 10.7. The number of nitrogens with zero attached hydrogens (tertiary/aromatic N) is 2. The molecule has 2 aromatic carbocycles. The molecule has 1 aliphatic rings. The first-order valence-corrected chi connectivity index (χ1v) is 13.4. The maximum Gasteiger partial charge on any atom is 0.295 e. The summed E-state index contributed by atoms with van der Waals surface area (Å²) in [7, 11) is 0. The molecule has 1 fully saturated rings. The largest absolute Gasteiger partial charge is 0.507 e. The Morgan fingerprint density at radius 1 is 1.03 bits per heavy atom. The molecule has 6 heteroatoms. The summed E-state index contributed by atoms with van der Waals surface area (Å²) in [4.78, 5) is 30.5. The minimum Gasteiger partial charge on any atom is -0.507 e. The van der Waals surface area contributed by atoms with Gasteiger partial charge in [-0.2, -0.15) is 0 Å². The van der Waals surface area contributed by atoms with Crippen molar-refractivity contribution >= 4 is 17.4 Å². The van der Waals surface area contributed by atoms with Crippen molar-refractivity contribution in [1.29, 1.82) is 0 Å². The second kappa shape index (κ2) is 12.0. The van der Waals surface area contributed by atoms with Crippen molar-refractivity contribution in [2.75, 3.05) is 32.8 Å². The third-order valence-corrected chi connectivity index (χ3v) is 7.09. The molecule has 1 aliphatic heterocycles. The fourth-order valence-electron chi connectivity index (χ4n) is 4.74. The quantitative estimate of drug-likeness (QED) is 0.249. The van der Waals surface area contributed by atoms with Crippen LogP contribution in [0.25, 0.3) is 5.76 Å². The topological polar surface area (TPSA) is 70.1 Å². The molecular formula is C31H42N2O4. The Morgan fingerprint density at radius 2 is 1.68 bits per heavy atom. The van der Waals surface area contributed by atoms with Gasteiger partial charge in [0.1, 0.15) is 11.5 Å². The molecule has 2 aromatic rings. The molecular weight excluding hydrogens is 464 g/mol. The van der Waals surface area contributed by atoms with E-state index in [0.29, 0.717) is 25.3 Å². The molecule has 0 aliphatic carbocycles. The van der Waals surface area contributed by atoms with Gasteiger partial charge in [-0.3, -0.25) is 9.59 Å². The number of likely N-dealkylation sites (tertiary alicyclic amines) is 1. The van der Waals surface area contributed by atoms with Crippen molar-refractivity contribution in [2.24, 2.45) is 0 Å². The number of hydrogen-bond acceptors (Lipinski definition) is 5. The molecule has 1 N–H and O–H groups in total. The summed E-state index contributed by atoms with van der Waals surface area (Å²) >= 11 is 0. The predicted octanol–water partition coefficient (Wildman–Crippen LogP) is 5.84. The minimum absolute atomic E-state index is 0.0256. The third-order valence-electron chi connectivity index (χ3n) is 7.09. The van der Waals surface area contributed by atoms with Crippen molar-refractivity contribution < 1.29 is 19.4 Å². The number of Topliss-reactive ketones (excluding diaryl/α,β-unsaturated/α-hetero) is 1. The fourth-order valence-corrected chi connectivity index (χ4v) is 4.74. The van der Waals surface area contributed by atoms with Gasteiger partial charge in [0.15, 0.2) is 0 Å². The van der Waals surface area contributed by atoms with Gasteiger partial charge in [0, 0.05) is 18.7 Å². The van der Waals surface area contributed by atoms with Crippen LogP contribution in [0, 0.1) is 6.92 Å². The lowest BCUT2D eigenvalue weighted by molar-refractivity contribution is -0.140. The highest BCUT2D eigenvalue weighted by Crippen LogP contribution is 2.40. The Kier molecular flexibility index (Phi) is 9.19. The van der Waals surface area contributed by atoms with Crippen molar-refractivity contribution in [3.63, 3.8) is 0 Å². The standard InChI is InChI=1S/C31H42N2O4/c1-8-19-37-25-16-13-23(20-21(25)4)28(34)26-27(22-11-14-24(15-12-22)31(5,6)7)33(30(36)29(26)35)18-17-32(9-2)10-3/h11-16,20,27,34H,8-10,17-19H2,1-7H3. The first kappa shape index (κ1) is 28.5. The lowest BCUT2D eigenvalue weighted by Gasteiger charge is -2.28. The molecule has 0 bridgehead atoms. The molecule has 3 rings (SSSR count). The number of aliphatic hydroxyl groups is 1. The molecule has 200 valence electrons. The molecule has 1 heterocycles. The number of carbonyl (C=O) groups is 2. The first-order chi connectivity index (χ1) is 17.5. The molecule has 0 radical (unpaired) electrons. The van der Waals surface area contributed by atoms with Gasteiger partial charge >= 0.3 is 0 Å². The second-order valence-corrected chi connectivity index (χ2v) is 10.7. The van der Waals surface area contributed by atoms with Crippen LogP contribution in [-0.4, -0.2) is 59.4 Å². The number of likely N-dealkylation sites (N-methyl/N-ethyl adjacent to an activating group) is 1. The first-order valence-electron chi connectivity index (χ1n) is 13.4. The van der Waals surface area contributed by atoms with Crippen LogP contribution in [0.15, 0.2) is 48.0 Å². The Labute approximate surface area is 221 Å². The van der Waals surface area contributed by atoms with Crippen LogP contribution >= 0.6 is 0 Å². The summed E-state index contributed by atoms with van der Waals surface area (Å²) in [5, 5.41) is 11.4. The van der Waals surface area contributed by atoms with Crippen LogP contribution < -0.4 is 4.74 Å². The van der Waals surface area contributed by atoms with E-state index in [1.807, 2.05) is 50.2 Å². The average Bonchev–Trinajstić information content (AvgIpc) is 3.12. The van der Waals surface area contributed by atoms with Crippen LogP contribution in [0.4, 0.5) is 0 Å². The van der Waals surface area contributed by atoms with Crippen LogP contribution in [-0.2, 0) is 15.0 Å². The van der Waals surface area contributed by atoms with E-state index >= 15 is 0 Å². The van der Waals surface area contributed by atoms with Crippen molar-refractivity contribution in [1.82, 2.24) is 9.80 Å². The van der Waals surface area contributed by atoms with E-state index in [4.69, 9.17) is 4.74 Å². The number of aliphatic hydroxyl groups excluding tert-OH is 1. The fraction of sp³-hybridized carbons (Fsp3) is 0.484. The number of carbonyl (C=O) groups excluding carboxylic acids is 2. The summed E-state index contributed by atoms with van der Waals surface area (Å²) in [6.45, 7) is 17.9. The molecule has 1 unspecified atom stereocenters. The maximum atomic E-state index is 13.4. The Hall–Kier alpha value is -3.12. The van der Waals surface area contributed by atoms with Gasteiger partial charge in [0.05, 0.1) is 18.2 Å². The third kappa shape index (κ3) is 6.24. The summed E-state index contributed by atoms with van der Waals surface area (Å²) in [5.74, 6) is -0.629. The van der Waals surface area contributed by atoms with Crippen LogP contribution in [0.2, 0.25) is 0 Å². The Bertz CT molecular complexity index is 1140. The highest BCUT2D eigenvalue weighted by molar-refractivity contribution is 6.46. The van der Waals surface area contributed by atoms with Crippen molar-refractivity contribution in [2.45, 2.75) is 66.3 Å². The zero-order valence-corrected chi connectivity index (χ0v) is 23.4. The van der Waals surface area contributed by atoms with Gasteiger partial charge in [0.2, 0.25) is 0 Å². The van der Waals surface area contributed by atoms with Crippen molar-refractivity contribution in [3.05, 3.63) is 70.3 Å². The number of amides is 1. The number of rotatable bonds is 10. The van der Waals surface area contributed by atoms with E-state index in [1.165, 1.54) is 0 Å². The maximum absolute atomic E-state index is 13.4. The number of benzene rings is 2. The van der Waals surface area contributed by atoms with Gasteiger partial charge in [0.25, 0.3) is 11.7 Å². The minimum atomic E-state index is -0.652. The number of aryl methyl sites for hydroxylation is 1. The van der Waals surface area contributed by atoms with E-state index in [1.54, 1.807) is 11.0 Å². The average molecular weight is 507 g/mol. The Morgan fingerprint density at radius 3 is 2.22 bits per heavy atom. The van der Waals surface area contributed by atoms with E-state index in [9.17, 15) is 14.7 Å². The normalized spacial score (nSPS) is 17.6. The molecule has 6 nitrogen and oxygen atoms in total. The SMILES string of the molecule is CCCOc1ccc(C(O)=C2C(=O)C(=O)N(CCN(CC)CC)C2c2ccc(C(C)(C)C)cc2)cc1C. The van der Waals surface area contributed by atoms with Gasteiger partial charge in [-0.1, -0.05) is 65.8 Å². The molecule has 0 aromatic heterocycles. The van der Waals surface area contributed by atoms with E-state index in [0.717, 1.165) is 42.0 Å². The van der Waals surface area contributed by atoms with E-state index in [2.05, 4.69) is 39.5 Å². The number of ether oxygens (including phenoxy) is 1. The summed E-state index contributed by atoms with van der Waals surface area (Å²) in [6, 6.07) is 12.8. The van der Waals surface area contributed by atoms with Gasteiger partial charge < -0.3 is 19.6 Å². The van der Waals surface area contributed by atoms with E-state index < -0.39 is 17.7 Å². The molecule has 37 heavy (non-hydrogen) atoms. The van der Waals surface area contributed by atoms with Gasteiger partial charge in [-0.05, 0) is 66.7 Å². The molecule has 1 saturated heterocycles. The highest BCUT2D eigenvalue weighted by atomic mass is 16.5. The number of ketones is 1. The lowest BCUT2D eigenvalue weighted by atomic mass is 9.85. The monoisotopic (exact) mass is 506 g/mol. The molecule has 0 spiro atoms. The summed E-state index contributed by atoms with van der Waals surface area (Å²) in [6.07, 6.45) is 0.895. The summed E-state index contributed by atoms with van der Waals surface area (Å²) < 4.78 is 5.77. The smallest absolute Gasteiger partial charge is 0.295 e. The van der Waals surface area contributed by atoms with Gasteiger partial charge in [-0.25, -0.2) is 0 Å². The summed E-state index contributed by atoms with van der Waals surface area (Å²) in [5.41, 5.74) is 3.44. The lowest BCUT2D eigenvalue weighted by Crippen LogP contribution is -2.38. The van der Waals surface area contributed by atoms with E-state index in [-0.39, 0.29) is 16.7 Å². The highest BCUT2D eigenvalue weighted by Gasteiger charge is 2.46. The van der Waals surface area contributed by atoms with Gasteiger partial charge in [-0.15, -0.1) is 0 Å². The molecule has 0 saturated carbocycles. The van der Waals surface area contributed by atoms with Crippen LogP contribution in [0.1, 0.15) is 76.3 Å². The molecule has 1 atom stereocenters. The Balaban J connectivity index is 2.09. The van der Waals surface area contributed by atoms with Crippen LogP contribution in [0.3, 0.4) is 0 Å². The number of hydrogen-bond donors (Lipinski definition) is 1.